The summed E-state index contributed by atoms with van der Waals surface area (Å²) >= 11 is 3.26. The molecule has 0 bridgehead atoms. The molecule has 2 aromatic carbocycles. The molecule has 0 aliphatic rings. The maximum atomic E-state index is 13.5. The second-order valence-corrected chi connectivity index (χ2v) is 5.29. The molecule has 0 saturated carbocycles. The van der Waals surface area contributed by atoms with E-state index in [1.54, 1.807) is 36.4 Å². The molecule has 0 radical (unpaired) electrons. The number of hydrogen-bond donors (Lipinski definition) is 2. The van der Waals surface area contributed by atoms with Crippen molar-refractivity contribution >= 4 is 27.5 Å². The van der Waals surface area contributed by atoms with Gasteiger partial charge in [-0.05, 0) is 42.5 Å². The van der Waals surface area contributed by atoms with Crippen molar-refractivity contribution < 1.29 is 13.9 Å². The summed E-state index contributed by atoms with van der Waals surface area (Å²) in [5.41, 5.74) is 6.58. The molecule has 0 unspecified atom stereocenters. The number of benzene rings is 2. The van der Waals surface area contributed by atoms with Crippen LogP contribution in [0.5, 0.6) is 5.75 Å². The molecule has 2 rings (SSSR count). The van der Waals surface area contributed by atoms with Crippen LogP contribution in [0.4, 0.5) is 10.1 Å². The Labute approximate surface area is 130 Å². The first-order valence-electron chi connectivity index (χ1n) is 6.23. The molecule has 0 spiro atoms. The maximum absolute atomic E-state index is 13.5. The summed E-state index contributed by atoms with van der Waals surface area (Å²) in [6.07, 6.45) is 0. The van der Waals surface area contributed by atoms with Gasteiger partial charge in [0.1, 0.15) is 11.6 Å². The van der Waals surface area contributed by atoms with Gasteiger partial charge in [-0.2, -0.15) is 0 Å². The average Bonchev–Trinajstić information content (AvgIpc) is 2.47. The van der Waals surface area contributed by atoms with Crippen molar-refractivity contribution in [3.8, 4) is 5.75 Å². The van der Waals surface area contributed by atoms with Crippen molar-refractivity contribution in [1.82, 2.24) is 5.32 Å². The molecule has 110 valence electrons. The molecular formula is C15H14BrFN2O2. The molecule has 2 aromatic rings. The highest BCUT2D eigenvalue weighted by atomic mass is 79.9. The number of nitrogens with two attached hydrogens (primary N) is 1. The largest absolute Gasteiger partial charge is 0.484 e. The predicted octanol–water partition coefficient (Wildman–Crippen LogP) is 2.87. The summed E-state index contributed by atoms with van der Waals surface area (Å²) in [5, 5.41) is 2.60. The molecule has 1 amide bonds. The van der Waals surface area contributed by atoms with Gasteiger partial charge in [0.25, 0.3) is 5.91 Å². The van der Waals surface area contributed by atoms with Crippen LogP contribution >= 0.6 is 15.9 Å². The summed E-state index contributed by atoms with van der Waals surface area (Å²) in [6, 6.07) is 11.3. The van der Waals surface area contributed by atoms with Crippen LogP contribution in [0.1, 0.15) is 5.56 Å². The Bertz CT molecular complexity index is 632. The van der Waals surface area contributed by atoms with E-state index in [1.807, 2.05) is 0 Å². The number of anilines is 1. The van der Waals surface area contributed by atoms with E-state index in [0.29, 0.717) is 17.0 Å². The fourth-order valence-corrected chi connectivity index (χ4v) is 2.05. The van der Waals surface area contributed by atoms with Crippen LogP contribution < -0.4 is 15.8 Å². The van der Waals surface area contributed by atoms with Crippen LogP contribution in [-0.4, -0.2) is 12.5 Å². The summed E-state index contributed by atoms with van der Waals surface area (Å²) in [4.78, 5) is 11.7. The summed E-state index contributed by atoms with van der Waals surface area (Å²) in [7, 11) is 0. The molecule has 0 aliphatic carbocycles. The van der Waals surface area contributed by atoms with E-state index >= 15 is 0 Å². The summed E-state index contributed by atoms with van der Waals surface area (Å²) in [5.74, 6) is -0.142. The second kappa shape index (κ2) is 7.08. The molecule has 0 fully saturated rings. The number of nitrogens with one attached hydrogen (secondary N) is 1. The minimum atomic E-state index is -0.363. The van der Waals surface area contributed by atoms with Crippen molar-refractivity contribution in [3.05, 3.63) is 58.3 Å². The zero-order chi connectivity index (χ0) is 15.2. The fraction of sp³-hybridized carbons (Fsp3) is 0.133. The van der Waals surface area contributed by atoms with E-state index in [9.17, 15) is 9.18 Å². The zero-order valence-electron chi connectivity index (χ0n) is 11.1. The van der Waals surface area contributed by atoms with Gasteiger partial charge < -0.3 is 15.8 Å². The zero-order valence-corrected chi connectivity index (χ0v) is 12.7. The molecule has 6 heteroatoms. The summed E-state index contributed by atoms with van der Waals surface area (Å²) < 4.78 is 19.5. The van der Waals surface area contributed by atoms with Gasteiger partial charge in [0.15, 0.2) is 6.61 Å². The third-order valence-electron chi connectivity index (χ3n) is 2.73. The highest BCUT2D eigenvalue weighted by Crippen LogP contribution is 2.15. The Morgan fingerprint density at radius 1 is 1.24 bits per heavy atom. The van der Waals surface area contributed by atoms with E-state index in [1.165, 1.54) is 6.07 Å². The van der Waals surface area contributed by atoms with Crippen molar-refractivity contribution in [2.75, 3.05) is 12.3 Å². The Balaban J connectivity index is 1.82. The van der Waals surface area contributed by atoms with Gasteiger partial charge in [-0.15, -0.1) is 0 Å². The third-order valence-corrected chi connectivity index (χ3v) is 3.23. The van der Waals surface area contributed by atoms with Crippen molar-refractivity contribution in [2.24, 2.45) is 0 Å². The van der Waals surface area contributed by atoms with Crippen LogP contribution in [0.25, 0.3) is 0 Å². The lowest BCUT2D eigenvalue weighted by atomic mass is 10.2. The number of ether oxygens (including phenoxy) is 1. The van der Waals surface area contributed by atoms with Crippen molar-refractivity contribution in [3.63, 3.8) is 0 Å². The topological polar surface area (TPSA) is 64.3 Å². The van der Waals surface area contributed by atoms with Gasteiger partial charge in [-0.3, -0.25) is 4.79 Å². The van der Waals surface area contributed by atoms with Crippen LogP contribution in [0.2, 0.25) is 0 Å². The average molecular weight is 353 g/mol. The monoisotopic (exact) mass is 352 g/mol. The molecule has 21 heavy (non-hydrogen) atoms. The van der Waals surface area contributed by atoms with E-state index < -0.39 is 0 Å². The minimum Gasteiger partial charge on any atom is -0.484 e. The van der Waals surface area contributed by atoms with Gasteiger partial charge in [0.05, 0.1) is 0 Å². The quantitative estimate of drug-likeness (QED) is 0.813. The molecule has 0 aromatic heterocycles. The highest BCUT2D eigenvalue weighted by molar-refractivity contribution is 9.10. The van der Waals surface area contributed by atoms with Gasteiger partial charge in [-0.1, -0.05) is 15.9 Å². The first-order valence-corrected chi connectivity index (χ1v) is 7.03. The van der Waals surface area contributed by atoms with Crippen LogP contribution in [0, 0.1) is 5.82 Å². The number of nitrogen functional groups attached to an aromatic ring is 1. The Morgan fingerprint density at radius 2 is 1.95 bits per heavy atom. The molecule has 0 heterocycles. The van der Waals surface area contributed by atoms with Gasteiger partial charge in [0, 0.05) is 22.3 Å². The Hall–Kier alpha value is -2.08. The second-order valence-electron chi connectivity index (χ2n) is 4.37. The SMILES string of the molecule is Nc1ccc(OCC(=O)NCc2cc(Br)ccc2F)cc1. The molecular weight excluding hydrogens is 339 g/mol. The van der Waals surface area contributed by atoms with Gasteiger partial charge >= 0.3 is 0 Å². The lowest BCUT2D eigenvalue weighted by Gasteiger charge is -2.08. The van der Waals surface area contributed by atoms with Crippen LogP contribution in [0.15, 0.2) is 46.9 Å². The van der Waals surface area contributed by atoms with Crippen molar-refractivity contribution in [1.29, 1.82) is 0 Å². The first kappa shape index (κ1) is 15.3. The number of carbonyl (C=O) groups is 1. The molecule has 4 nitrogen and oxygen atoms in total. The number of hydrogen-bond acceptors (Lipinski definition) is 3. The smallest absolute Gasteiger partial charge is 0.258 e. The van der Waals surface area contributed by atoms with Crippen LogP contribution in [-0.2, 0) is 11.3 Å². The van der Waals surface area contributed by atoms with Gasteiger partial charge in [0.2, 0.25) is 0 Å². The number of halogens is 2. The first-order chi connectivity index (χ1) is 10.0. The highest BCUT2D eigenvalue weighted by Gasteiger charge is 2.06. The lowest BCUT2D eigenvalue weighted by molar-refractivity contribution is -0.123. The molecule has 0 saturated heterocycles. The molecule has 3 N–H and O–H groups in total. The number of amides is 1. The summed E-state index contributed by atoms with van der Waals surface area (Å²) in [6.45, 7) is -0.0330. The van der Waals surface area contributed by atoms with E-state index in [2.05, 4.69) is 21.2 Å². The minimum absolute atomic E-state index is 0.106. The molecule has 0 atom stereocenters. The standard InChI is InChI=1S/C15H14BrFN2O2/c16-11-1-6-14(17)10(7-11)8-19-15(20)9-21-13-4-2-12(18)3-5-13/h1-7H,8-9,18H2,(H,19,20). The third kappa shape index (κ3) is 4.75. The number of rotatable bonds is 5. The van der Waals surface area contributed by atoms with E-state index in [4.69, 9.17) is 10.5 Å². The Kier molecular flexibility index (Phi) is 5.16. The fourth-order valence-electron chi connectivity index (χ4n) is 1.64. The van der Waals surface area contributed by atoms with Crippen LogP contribution in [0.3, 0.4) is 0 Å². The Morgan fingerprint density at radius 3 is 2.67 bits per heavy atom. The maximum Gasteiger partial charge on any atom is 0.258 e. The van der Waals surface area contributed by atoms with Crippen molar-refractivity contribution in [2.45, 2.75) is 6.54 Å². The lowest BCUT2D eigenvalue weighted by Crippen LogP contribution is -2.28. The predicted molar refractivity (Wildman–Crippen MR) is 82.3 cm³/mol. The van der Waals surface area contributed by atoms with Gasteiger partial charge in [-0.25, -0.2) is 4.39 Å². The molecule has 0 aliphatic heterocycles. The normalized spacial score (nSPS) is 10.2. The van der Waals surface area contributed by atoms with E-state index in [-0.39, 0.29) is 24.9 Å². The van der Waals surface area contributed by atoms with E-state index in [0.717, 1.165) is 4.47 Å². The number of carbonyl (C=O) groups excluding carboxylic acids is 1.